The fourth-order valence-electron chi connectivity index (χ4n) is 3.47. The quantitative estimate of drug-likeness (QED) is 0.546. The number of H-pyrrole nitrogens is 1. The molecule has 1 atom stereocenters. The van der Waals surface area contributed by atoms with Crippen molar-refractivity contribution in [2.45, 2.75) is 5.60 Å². The maximum atomic E-state index is 13.1. The number of amides is 2. The molecule has 10 heteroatoms. The zero-order chi connectivity index (χ0) is 21.8. The van der Waals surface area contributed by atoms with E-state index in [1.165, 1.54) is 23.5 Å². The summed E-state index contributed by atoms with van der Waals surface area (Å²) in [6, 6.07) is 7.24. The molecule has 0 radical (unpaired) electrons. The predicted octanol–water partition coefficient (Wildman–Crippen LogP) is 0.600. The van der Waals surface area contributed by atoms with Gasteiger partial charge in [-0.2, -0.15) is 0 Å². The maximum Gasteiger partial charge on any atom is 0.271 e. The van der Waals surface area contributed by atoms with Crippen LogP contribution in [0.3, 0.4) is 0 Å². The van der Waals surface area contributed by atoms with Crippen molar-refractivity contribution in [3.8, 4) is 5.75 Å². The number of ether oxygens (including phenoxy) is 2. The van der Waals surface area contributed by atoms with E-state index in [0.717, 1.165) is 10.9 Å². The Hall–Kier alpha value is -3.50. The lowest BCUT2D eigenvalue weighted by molar-refractivity contribution is -0.0324. The number of aromatic nitrogens is 3. The van der Waals surface area contributed by atoms with Crippen molar-refractivity contribution in [1.82, 2.24) is 25.2 Å². The van der Waals surface area contributed by atoms with Crippen LogP contribution in [-0.2, 0) is 4.74 Å². The van der Waals surface area contributed by atoms with Gasteiger partial charge in [-0.15, -0.1) is 0 Å². The molecule has 3 aromatic rings. The number of fused-ring (bicyclic) bond motifs is 1. The number of aliphatic hydroxyl groups is 1. The molecule has 0 unspecified atom stereocenters. The molecule has 2 aromatic heterocycles. The Morgan fingerprint density at radius 2 is 2.23 bits per heavy atom. The second-order valence-electron chi connectivity index (χ2n) is 7.41. The average Bonchev–Trinajstić information content (AvgIpc) is 3.12. The molecular weight excluding hydrogens is 402 g/mol. The molecule has 1 aromatic carbocycles. The molecule has 1 aliphatic heterocycles. The van der Waals surface area contributed by atoms with Gasteiger partial charge in [0.15, 0.2) is 0 Å². The number of nitrogens with one attached hydrogen (secondary N) is 2. The Morgan fingerprint density at radius 3 is 3.00 bits per heavy atom. The van der Waals surface area contributed by atoms with Crippen LogP contribution >= 0.6 is 0 Å². The molecule has 31 heavy (non-hydrogen) atoms. The normalized spacial score (nSPS) is 19.1. The second kappa shape index (κ2) is 8.70. The summed E-state index contributed by atoms with van der Waals surface area (Å²) in [6.45, 7) is 0.487. The lowest BCUT2D eigenvalue weighted by atomic mass is 10.0. The molecule has 0 aliphatic carbocycles. The van der Waals surface area contributed by atoms with E-state index >= 15 is 0 Å². The number of aromatic amines is 1. The van der Waals surface area contributed by atoms with Gasteiger partial charge in [0.25, 0.3) is 11.8 Å². The highest BCUT2D eigenvalue weighted by Crippen LogP contribution is 2.23. The van der Waals surface area contributed by atoms with Crippen LogP contribution in [0.1, 0.15) is 21.0 Å². The van der Waals surface area contributed by atoms with Gasteiger partial charge in [0, 0.05) is 29.8 Å². The highest BCUT2D eigenvalue weighted by molar-refractivity contribution is 5.98. The van der Waals surface area contributed by atoms with Crippen molar-refractivity contribution >= 4 is 22.7 Å². The van der Waals surface area contributed by atoms with Crippen LogP contribution < -0.4 is 10.1 Å². The van der Waals surface area contributed by atoms with Crippen LogP contribution in [0, 0.1) is 0 Å². The van der Waals surface area contributed by atoms with Gasteiger partial charge in [-0.1, -0.05) is 0 Å². The smallest absolute Gasteiger partial charge is 0.271 e. The Balaban J connectivity index is 1.47. The van der Waals surface area contributed by atoms with Gasteiger partial charge >= 0.3 is 0 Å². The number of β-amino-alcohol motifs (C(OH)–C–C–N with tert-alkyl or cyclic N) is 1. The van der Waals surface area contributed by atoms with E-state index in [1.807, 2.05) is 18.2 Å². The molecule has 2 amide bonds. The van der Waals surface area contributed by atoms with Gasteiger partial charge in [-0.25, -0.2) is 4.98 Å². The van der Waals surface area contributed by atoms with Gasteiger partial charge in [0.05, 0.1) is 39.6 Å². The third kappa shape index (κ3) is 4.65. The molecule has 0 saturated carbocycles. The summed E-state index contributed by atoms with van der Waals surface area (Å²) in [5, 5.41) is 14.5. The summed E-state index contributed by atoms with van der Waals surface area (Å²) in [5.74, 6) is -0.0329. The number of methoxy groups -OCH3 is 1. The highest BCUT2D eigenvalue weighted by atomic mass is 16.5. The van der Waals surface area contributed by atoms with Gasteiger partial charge in [-0.3, -0.25) is 14.6 Å². The number of nitrogens with zero attached hydrogens (tertiary/aromatic N) is 3. The van der Waals surface area contributed by atoms with Crippen LogP contribution in [0.2, 0.25) is 0 Å². The Labute approximate surface area is 178 Å². The largest absolute Gasteiger partial charge is 0.497 e. The van der Waals surface area contributed by atoms with E-state index in [-0.39, 0.29) is 37.9 Å². The lowest BCUT2D eigenvalue weighted by Gasteiger charge is -2.30. The summed E-state index contributed by atoms with van der Waals surface area (Å²) in [5.41, 5.74) is -0.0981. The minimum absolute atomic E-state index is 0.00523. The van der Waals surface area contributed by atoms with Crippen molar-refractivity contribution in [1.29, 1.82) is 0 Å². The Bertz CT molecular complexity index is 1090. The fourth-order valence-corrected chi connectivity index (χ4v) is 3.47. The highest BCUT2D eigenvalue weighted by Gasteiger charge is 2.35. The molecule has 1 fully saturated rings. The molecule has 3 N–H and O–H groups in total. The number of carbonyl (C=O) groups excluding carboxylic acids is 2. The molecule has 10 nitrogen and oxygen atoms in total. The Morgan fingerprint density at radius 1 is 1.35 bits per heavy atom. The number of rotatable bonds is 5. The maximum absolute atomic E-state index is 13.1. The fraction of sp³-hybridized carbons (Fsp3) is 0.333. The molecule has 1 aliphatic rings. The third-order valence-corrected chi connectivity index (χ3v) is 5.08. The SMILES string of the molecule is COc1ccc2[nH]c(C(=O)N3CCOC[C@@](O)(CNC(=O)c4cnccn4)C3)cc2c1. The first kappa shape index (κ1) is 20.8. The number of hydrogen-bond acceptors (Lipinski definition) is 7. The Kier molecular flexibility index (Phi) is 5.83. The summed E-state index contributed by atoms with van der Waals surface area (Å²) < 4.78 is 10.7. The van der Waals surface area contributed by atoms with E-state index in [0.29, 0.717) is 18.0 Å². The minimum Gasteiger partial charge on any atom is -0.497 e. The molecule has 4 rings (SSSR count). The van der Waals surface area contributed by atoms with Gasteiger partial charge in [0.1, 0.15) is 22.7 Å². The van der Waals surface area contributed by atoms with Crippen LogP contribution in [0.15, 0.2) is 42.9 Å². The van der Waals surface area contributed by atoms with Crippen LogP contribution in [0.25, 0.3) is 10.9 Å². The summed E-state index contributed by atoms with van der Waals surface area (Å²) in [4.78, 5) is 37.8. The van der Waals surface area contributed by atoms with Crippen molar-refractivity contribution in [3.05, 3.63) is 54.2 Å². The average molecular weight is 425 g/mol. The first-order chi connectivity index (χ1) is 15.0. The molecular formula is C21H23N5O5. The van der Waals surface area contributed by atoms with Crippen LogP contribution in [-0.4, -0.2) is 82.3 Å². The van der Waals surface area contributed by atoms with E-state index in [9.17, 15) is 14.7 Å². The third-order valence-electron chi connectivity index (χ3n) is 5.08. The number of hydrogen-bond donors (Lipinski definition) is 3. The van der Waals surface area contributed by atoms with E-state index in [4.69, 9.17) is 9.47 Å². The van der Waals surface area contributed by atoms with E-state index < -0.39 is 11.5 Å². The standard InChI is InChI=1S/C21H23N5O5/c1-30-15-2-3-16-14(8-15)9-17(25-16)20(28)26-6-7-31-13-21(29,12-26)11-24-19(27)18-10-22-4-5-23-18/h2-5,8-10,25,29H,6-7,11-13H2,1H3,(H,24,27)/t21-/m1/s1. The zero-order valence-electron chi connectivity index (χ0n) is 17.0. The van der Waals surface area contributed by atoms with Crippen molar-refractivity contribution in [3.63, 3.8) is 0 Å². The van der Waals surface area contributed by atoms with Crippen LogP contribution in [0.5, 0.6) is 5.75 Å². The van der Waals surface area contributed by atoms with Gasteiger partial charge in [-0.05, 0) is 24.3 Å². The zero-order valence-corrected chi connectivity index (χ0v) is 17.0. The predicted molar refractivity (Wildman–Crippen MR) is 111 cm³/mol. The topological polar surface area (TPSA) is 130 Å². The summed E-state index contributed by atoms with van der Waals surface area (Å²) in [7, 11) is 1.58. The summed E-state index contributed by atoms with van der Waals surface area (Å²) >= 11 is 0. The first-order valence-electron chi connectivity index (χ1n) is 9.78. The molecule has 3 heterocycles. The monoisotopic (exact) mass is 425 g/mol. The van der Waals surface area contributed by atoms with Crippen LogP contribution in [0.4, 0.5) is 0 Å². The lowest BCUT2D eigenvalue weighted by Crippen LogP contribution is -2.53. The minimum atomic E-state index is -1.45. The van der Waals surface area contributed by atoms with Gasteiger partial charge < -0.3 is 29.8 Å². The second-order valence-corrected chi connectivity index (χ2v) is 7.41. The number of benzene rings is 1. The molecule has 1 saturated heterocycles. The van der Waals surface area contributed by atoms with Gasteiger partial charge in [0.2, 0.25) is 0 Å². The molecule has 0 bridgehead atoms. The van der Waals surface area contributed by atoms with Crippen molar-refractivity contribution in [2.75, 3.05) is 40.0 Å². The first-order valence-corrected chi connectivity index (χ1v) is 9.78. The van der Waals surface area contributed by atoms with Crippen molar-refractivity contribution < 1.29 is 24.2 Å². The van der Waals surface area contributed by atoms with Crippen molar-refractivity contribution in [2.24, 2.45) is 0 Å². The molecule has 162 valence electrons. The molecule has 0 spiro atoms. The number of carbonyl (C=O) groups is 2. The van der Waals surface area contributed by atoms with E-state index in [1.54, 1.807) is 13.2 Å². The van der Waals surface area contributed by atoms with E-state index in [2.05, 4.69) is 20.3 Å². The summed E-state index contributed by atoms with van der Waals surface area (Å²) in [6.07, 6.45) is 4.21.